The number of hydrogen-bond acceptors (Lipinski definition) is 8. The lowest BCUT2D eigenvalue weighted by Crippen LogP contribution is -2.35. The number of rotatable bonds is 7. The summed E-state index contributed by atoms with van der Waals surface area (Å²) in [6.45, 7) is 5.18. The van der Waals surface area contributed by atoms with Gasteiger partial charge < -0.3 is 14.4 Å². The van der Waals surface area contributed by atoms with E-state index in [-0.39, 0.29) is 0 Å². The maximum absolute atomic E-state index is 5.41. The molecular weight excluding hydrogens is 386 g/mol. The summed E-state index contributed by atoms with van der Waals surface area (Å²) < 4.78 is 10.6. The molecule has 7 nitrogen and oxygen atoms in total. The Kier molecular flexibility index (Phi) is 6.33. The van der Waals surface area contributed by atoms with Crippen LogP contribution in [0.25, 0.3) is 11.3 Å². The standard InChI is InChI=1S/C21H25N5O2S/c1-25(13-17-15-29-21(22-17)14-26-9-11-28-12-10-26)20-8-7-19(23-24-20)16-3-5-18(27-2)6-4-16/h3-8,15H,9-14H2,1-2H3. The maximum atomic E-state index is 5.41. The lowest BCUT2D eigenvalue weighted by atomic mass is 10.1. The fourth-order valence-corrected chi connectivity index (χ4v) is 4.04. The van der Waals surface area contributed by atoms with Gasteiger partial charge in [0.05, 0.1) is 44.8 Å². The van der Waals surface area contributed by atoms with Crippen LogP contribution < -0.4 is 9.64 Å². The molecule has 29 heavy (non-hydrogen) atoms. The molecule has 0 spiro atoms. The lowest BCUT2D eigenvalue weighted by Gasteiger charge is -2.25. The van der Waals surface area contributed by atoms with Gasteiger partial charge in [0, 0.05) is 31.1 Å². The van der Waals surface area contributed by atoms with Crippen LogP contribution in [0.3, 0.4) is 0 Å². The average Bonchev–Trinajstić information content (AvgIpc) is 3.21. The van der Waals surface area contributed by atoms with Crippen molar-refractivity contribution < 1.29 is 9.47 Å². The lowest BCUT2D eigenvalue weighted by molar-refractivity contribution is 0.0341. The number of hydrogen-bond donors (Lipinski definition) is 0. The Morgan fingerprint density at radius 1 is 1.10 bits per heavy atom. The van der Waals surface area contributed by atoms with Crippen LogP contribution in [-0.2, 0) is 17.8 Å². The second-order valence-electron chi connectivity index (χ2n) is 6.98. The summed E-state index contributed by atoms with van der Waals surface area (Å²) in [5.41, 5.74) is 2.91. The smallest absolute Gasteiger partial charge is 0.151 e. The van der Waals surface area contributed by atoms with E-state index in [4.69, 9.17) is 14.5 Å². The minimum Gasteiger partial charge on any atom is -0.497 e. The van der Waals surface area contributed by atoms with E-state index in [9.17, 15) is 0 Å². The molecule has 0 atom stereocenters. The largest absolute Gasteiger partial charge is 0.497 e. The second-order valence-corrected chi connectivity index (χ2v) is 7.93. The Balaban J connectivity index is 1.36. The van der Waals surface area contributed by atoms with Gasteiger partial charge in [-0.15, -0.1) is 21.5 Å². The first-order valence-corrected chi connectivity index (χ1v) is 10.5. The molecule has 8 heteroatoms. The average molecular weight is 412 g/mol. The molecule has 1 aliphatic heterocycles. The van der Waals surface area contributed by atoms with E-state index in [1.807, 2.05) is 43.4 Å². The van der Waals surface area contributed by atoms with E-state index in [1.165, 1.54) is 0 Å². The quantitative estimate of drug-likeness (QED) is 0.592. The van der Waals surface area contributed by atoms with Gasteiger partial charge in [-0.2, -0.15) is 0 Å². The van der Waals surface area contributed by atoms with Gasteiger partial charge in [0.15, 0.2) is 5.82 Å². The molecular formula is C21H25N5O2S. The molecule has 1 aromatic carbocycles. The van der Waals surface area contributed by atoms with Gasteiger partial charge in [-0.3, -0.25) is 4.90 Å². The van der Waals surface area contributed by atoms with Crippen molar-refractivity contribution in [2.75, 3.05) is 45.4 Å². The van der Waals surface area contributed by atoms with Gasteiger partial charge >= 0.3 is 0 Å². The predicted molar refractivity (Wildman–Crippen MR) is 114 cm³/mol. The van der Waals surface area contributed by atoms with Crippen molar-refractivity contribution in [1.82, 2.24) is 20.1 Å². The van der Waals surface area contributed by atoms with Crippen LogP contribution in [0.5, 0.6) is 5.75 Å². The SMILES string of the molecule is COc1ccc(-c2ccc(N(C)Cc3csc(CN4CCOCC4)n3)nn2)cc1. The molecule has 2 aromatic heterocycles. The molecule has 0 radical (unpaired) electrons. The molecule has 1 fully saturated rings. The summed E-state index contributed by atoms with van der Waals surface area (Å²) in [6, 6.07) is 11.8. The fourth-order valence-electron chi connectivity index (χ4n) is 3.21. The third-order valence-electron chi connectivity index (χ3n) is 4.89. The van der Waals surface area contributed by atoms with E-state index < -0.39 is 0 Å². The zero-order chi connectivity index (χ0) is 20.1. The first-order valence-electron chi connectivity index (χ1n) is 9.64. The number of methoxy groups -OCH3 is 1. The molecule has 1 aliphatic rings. The summed E-state index contributed by atoms with van der Waals surface area (Å²) in [6.07, 6.45) is 0. The number of ether oxygens (including phenoxy) is 2. The van der Waals surface area contributed by atoms with Crippen molar-refractivity contribution in [3.8, 4) is 17.0 Å². The molecule has 3 heterocycles. The van der Waals surface area contributed by atoms with Gasteiger partial charge in [-0.05, 0) is 36.4 Å². The van der Waals surface area contributed by atoms with Crippen LogP contribution >= 0.6 is 11.3 Å². The van der Waals surface area contributed by atoms with Crippen LogP contribution in [0.2, 0.25) is 0 Å². The van der Waals surface area contributed by atoms with E-state index in [1.54, 1.807) is 18.4 Å². The van der Waals surface area contributed by atoms with Crippen molar-refractivity contribution in [2.45, 2.75) is 13.1 Å². The molecule has 0 saturated carbocycles. The summed E-state index contributed by atoms with van der Waals surface area (Å²) in [7, 11) is 3.67. The van der Waals surface area contributed by atoms with Gasteiger partial charge in [0.1, 0.15) is 10.8 Å². The summed E-state index contributed by atoms with van der Waals surface area (Å²) >= 11 is 1.72. The van der Waals surface area contributed by atoms with Crippen LogP contribution in [0.1, 0.15) is 10.7 Å². The maximum Gasteiger partial charge on any atom is 0.151 e. The topological polar surface area (TPSA) is 63.6 Å². The summed E-state index contributed by atoms with van der Waals surface area (Å²) in [5, 5.41) is 12.1. The highest BCUT2D eigenvalue weighted by atomic mass is 32.1. The van der Waals surface area contributed by atoms with Crippen LogP contribution in [0.4, 0.5) is 5.82 Å². The predicted octanol–water partition coefficient (Wildman–Crippen LogP) is 3.08. The Hall–Kier alpha value is -2.55. The molecule has 1 saturated heterocycles. The molecule has 3 aromatic rings. The Labute approximate surface area is 174 Å². The van der Waals surface area contributed by atoms with E-state index >= 15 is 0 Å². The Morgan fingerprint density at radius 2 is 1.90 bits per heavy atom. The Morgan fingerprint density at radius 3 is 2.59 bits per heavy atom. The summed E-state index contributed by atoms with van der Waals surface area (Å²) in [5.74, 6) is 1.65. The minimum absolute atomic E-state index is 0.705. The monoisotopic (exact) mass is 411 g/mol. The van der Waals surface area contributed by atoms with Crippen molar-refractivity contribution in [2.24, 2.45) is 0 Å². The minimum atomic E-state index is 0.705. The second kappa shape index (κ2) is 9.30. The summed E-state index contributed by atoms with van der Waals surface area (Å²) in [4.78, 5) is 9.24. The van der Waals surface area contributed by atoms with Crippen LogP contribution in [0, 0.1) is 0 Å². The molecule has 0 amide bonds. The van der Waals surface area contributed by atoms with Crippen molar-refractivity contribution >= 4 is 17.2 Å². The number of morpholine rings is 1. The molecule has 0 unspecified atom stereocenters. The van der Waals surface area contributed by atoms with Crippen molar-refractivity contribution in [3.05, 3.63) is 52.5 Å². The number of aromatic nitrogens is 3. The first-order chi connectivity index (χ1) is 14.2. The Bertz CT molecular complexity index is 908. The molecule has 152 valence electrons. The third-order valence-corrected chi connectivity index (χ3v) is 5.77. The normalized spacial score (nSPS) is 14.7. The zero-order valence-electron chi connectivity index (χ0n) is 16.7. The zero-order valence-corrected chi connectivity index (χ0v) is 17.6. The highest BCUT2D eigenvalue weighted by molar-refractivity contribution is 7.09. The van der Waals surface area contributed by atoms with Gasteiger partial charge in [0.2, 0.25) is 0 Å². The van der Waals surface area contributed by atoms with E-state index in [2.05, 4.69) is 25.4 Å². The fraction of sp³-hybridized carbons (Fsp3) is 0.381. The van der Waals surface area contributed by atoms with E-state index in [0.29, 0.717) is 6.54 Å². The number of nitrogens with zero attached hydrogens (tertiary/aromatic N) is 5. The molecule has 0 N–H and O–H groups in total. The van der Waals surface area contributed by atoms with Crippen molar-refractivity contribution in [3.63, 3.8) is 0 Å². The number of anilines is 1. The molecule has 0 bridgehead atoms. The van der Waals surface area contributed by atoms with Gasteiger partial charge in [-0.25, -0.2) is 4.98 Å². The third kappa shape index (κ3) is 5.09. The molecule has 0 aliphatic carbocycles. The first kappa shape index (κ1) is 19.8. The number of thiazole rings is 1. The highest BCUT2D eigenvalue weighted by Gasteiger charge is 2.14. The highest BCUT2D eigenvalue weighted by Crippen LogP contribution is 2.22. The van der Waals surface area contributed by atoms with Crippen molar-refractivity contribution in [1.29, 1.82) is 0 Å². The molecule has 4 rings (SSSR count). The van der Waals surface area contributed by atoms with Crippen LogP contribution in [0.15, 0.2) is 41.8 Å². The van der Waals surface area contributed by atoms with Gasteiger partial charge in [-0.1, -0.05) is 0 Å². The van der Waals surface area contributed by atoms with Gasteiger partial charge in [0.25, 0.3) is 0 Å². The number of benzene rings is 1. The van der Waals surface area contributed by atoms with E-state index in [0.717, 1.165) is 66.4 Å². The van der Waals surface area contributed by atoms with Crippen LogP contribution in [-0.4, -0.2) is 60.5 Å².